The number of carbonyl (C=O) groups excluding carboxylic acids is 1. The number of furan rings is 1. The Morgan fingerprint density at radius 1 is 1.17 bits per heavy atom. The Morgan fingerprint density at radius 3 is 2.33 bits per heavy atom. The van der Waals surface area contributed by atoms with E-state index in [1.54, 1.807) is 6.26 Å². The average Bonchev–Trinajstić information content (AvgIpc) is 3.38. The Kier molecular flexibility index (Phi) is 7.84. The highest BCUT2D eigenvalue weighted by Crippen LogP contribution is 2.42. The quantitative estimate of drug-likeness (QED) is 0.244. The highest BCUT2D eigenvalue weighted by molar-refractivity contribution is 7.14. The van der Waals surface area contributed by atoms with E-state index in [1.807, 2.05) is 33.8 Å². The van der Waals surface area contributed by atoms with Crippen LogP contribution >= 0.6 is 11.1 Å². The van der Waals surface area contributed by atoms with Gasteiger partial charge in [0.1, 0.15) is 5.76 Å². The van der Waals surface area contributed by atoms with Crippen molar-refractivity contribution in [3.63, 3.8) is 0 Å². The van der Waals surface area contributed by atoms with Gasteiger partial charge in [0, 0.05) is 22.8 Å². The highest BCUT2D eigenvalue weighted by atomic mass is 32.2. The monoisotopic (exact) mass is 527 g/mol. The minimum absolute atomic E-state index is 0.00191. The van der Waals surface area contributed by atoms with Gasteiger partial charge in [-0.3, -0.25) is 4.79 Å². The topological polar surface area (TPSA) is 127 Å². The van der Waals surface area contributed by atoms with Crippen molar-refractivity contribution in [2.75, 3.05) is 24.7 Å². The van der Waals surface area contributed by atoms with Crippen molar-refractivity contribution in [1.82, 2.24) is 13.6 Å². The number of rotatable bonds is 8. The Bertz CT molecular complexity index is 1240. The summed E-state index contributed by atoms with van der Waals surface area (Å²) in [6, 6.07) is 3.15. The first-order valence-electron chi connectivity index (χ1n) is 11.1. The van der Waals surface area contributed by atoms with Gasteiger partial charge in [-0.1, -0.05) is 27.7 Å². The molecule has 36 heavy (non-hydrogen) atoms. The Labute approximate surface area is 209 Å². The molecule has 196 valence electrons. The molecule has 3 N–H and O–H groups in total. The van der Waals surface area contributed by atoms with Gasteiger partial charge in [-0.25, -0.2) is 0 Å². The molecule has 13 heteroatoms. The predicted molar refractivity (Wildman–Crippen MR) is 129 cm³/mol. The molecule has 0 radical (unpaired) electrons. The maximum atomic E-state index is 13.5. The van der Waals surface area contributed by atoms with E-state index in [2.05, 4.69) is 19.4 Å². The zero-order valence-corrected chi connectivity index (χ0v) is 21.4. The number of carbonyl (C=O) groups is 1. The molecule has 0 bridgehead atoms. The minimum Gasteiger partial charge on any atom is -0.546 e. The number of phenols is 1. The van der Waals surface area contributed by atoms with Crippen molar-refractivity contribution in [2.24, 2.45) is 5.92 Å². The van der Waals surface area contributed by atoms with Gasteiger partial charge in [0.15, 0.2) is 16.9 Å². The van der Waals surface area contributed by atoms with Crippen molar-refractivity contribution in [3.05, 3.63) is 46.9 Å². The third kappa shape index (κ3) is 5.73. The van der Waals surface area contributed by atoms with Crippen LogP contribution in [0.2, 0.25) is 0 Å². The second-order valence-corrected chi connectivity index (χ2v) is 9.95. The van der Waals surface area contributed by atoms with Crippen LogP contribution in [0, 0.1) is 5.92 Å². The van der Waals surface area contributed by atoms with E-state index in [0.29, 0.717) is 11.8 Å². The lowest BCUT2D eigenvalue weighted by Crippen LogP contribution is -2.25. The summed E-state index contributed by atoms with van der Waals surface area (Å²) in [5.74, 6) is -1.11. The zero-order chi connectivity index (χ0) is 26.9. The summed E-state index contributed by atoms with van der Waals surface area (Å²) in [7, 11) is 2.54. The van der Waals surface area contributed by atoms with Crippen molar-refractivity contribution in [3.8, 4) is 5.75 Å². The number of nitrogens with zero attached hydrogens (tertiary/aromatic N) is 3. The molecule has 0 saturated heterocycles. The van der Waals surface area contributed by atoms with Gasteiger partial charge in [-0.2, -0.15) is 13.2 Å². The lowest BCUT2D eigenvalue weighted by molar-refractivity contribution is -0.138. The lowest BCUT2D eigenvalue weighted by Gasteiger charge is -2.21. The summed E-state index contributed by atoms with van der Waals surface area (Å²) in [4.78, 5) is 13.4. The Morgan fingerprint density at radius 2 is 1.81 bits per heavy atom. The molecule has 1 unspecified atom stereocenters. The van der Waals surface area contributed by atoms with Gasteiger partial charge in [0.25, 0.3) is 5.91 Å². The molecule has 1 aromatic carbocycles. The van der Waals surface area contributed by atoms with Gasteiger partial charge in [-0.05, 0) is 35.6 Å². The number of anilines is 3. The molecule has 0 saturated carbocycles. The number of halogens is 3. The minimum atomic E-state index is -4.88. The highest BCUT2D eigenvalue weighted by Gasteiger charge is 2.38. The lowest BCUT2D eigenvalue weighted by atomic mass is 9.99. The van der Waals surface area contributed by atoms with Gasteiger partial charge in [-0.15, -0.1) is 0 Å². The number of hydrogen-bond donors (Lipinski definition) is 3. The van der Waals surface area contributed by atoms with Crippen LogP contribution in [0.1, 0.15) is 66.9 Å². The first kappa shape index (κ1) is 27.3. The smallest absolute Gasteiger partial charge is 0.417 e. The largest absolute Gasteiger partial charge is 0.546 e. The number of nitrogens with one attached hydrogen (secondary N) is 2. The molecule has 0 aliphatic carbocycles. The first-order chi connectivity index (χ1) is 16.7. The normalized spacial score (nSPS) is 13.3. The van der Waals surface area contributed by atoms with E-state index >= 15 is 0 Å². The summed E-state index contributed by atoms with van der Waals surface area (Å²) in [5.41, 5.74) is -1.44. The van der Waals surface area contributed by atoms with Crippen LogP contribution in [0.15, 0.2) is 28.9 Å². The van der Waals surface area contributed by atoms with E-state index in [4.69, 9.17) is 4.42 Å². The number of aromatic nitrogens is 2. The van der Waals surface area contributed by atoms with E-state index < -0.39 is 46.1 Å². The van der Waals surface area contributed by atoms with Crippen molar-refractivity contribution < 1.29 is 32.0 Å². The maximum absolute atomic E-state index is 13.5. The second kappa shape index (κ2) is 10.3. The SMILES string of the molecule is CC(C)c1coc([C@H](Nc2n[s+]([O-])nc2Nc2ccc(C(F)(F)F)c(C(=O)N(C)C)c2O)C(C)C)c1. The number of amides is 1. The standard InChI is InChI=1S/C23H28F3N5O4S/c1-11(2)13-9-16(35-10-13)18(12(3)4)28-21-20(29-36(34)30-21)27-15-8-7-14(23(24,25)26)17(19(15)32)22(33)31(5)6/h7-12,18,32H,1-6H3,(H,27,29)(H,28,30)/t18-,36?/m1/s1. The van der Waals surface area contributed by atoms with Gasteiger partial charge in [0.05, 0.1) is 29.1 Å². The predicted octanol–water partition coefficient (Wildman–Crippen LogP) is 5.90. The van der Waals surface area contributed by atoms with Crippen LogP contribution in [0.25, 0.3) is 0 Å². The van der Waals surface area contributed by atoms with E-state index in [-0.39, 0.29) is 29.2 Å². The van der Waals surface area contributed by atoms with Crippen LogP contribution in [-0.4, -0.2) is 43.3 Å². The Hall–Kier alpha value is -3.32. The molecule has 0 aliphatic rings. The number of hydrogen-bond acceptors (Lipinski definition) is 8. The second-order valence-electron chi connectivity index (χ2n) is 9.12. The first-order valence-corrected chi connectivity index (χ1v) is 12.1. The zero-order valence-electron chi connectivity index (χ0n) is 20.6. The number of benzene rings is 1. The molecule has 9 nitrogen and oxygen atoms in total. The van der Waals surface area contributed by atoms with Crippen LogP contribution < -0.4 is 10.6 Å². The molecular formula is C23H28F3N5O4S. The van der Waals surface area contributed by atoms with Gasteiger partial charge >= 0.3 is 6.18 Å². The molecule has 2 heterocycles. The molecule has 0 aliphatic heterocycles. The summed E-state index contributed by atoms with van der Waals surface area (Å²) in [5, 5.41) is 16.4. The fourth-order valence-electron chi connectivity index (χ4n) is 3.48. The van der Waals surface area contributed by atoms with Crippen LogP contribution in [0.5, 0.6) is 5.75 Å². The van der Waals surface area contributed by atoms with Gasteiger partial charge < -0.3 is 29.6 Å². The molecule has 0 fully saturated rings. The van der Waals surface area contributed by atoms with Crippen LogP contribution in [0.3, 0.4) is 0 Å². The molecular weight excluding hydrogens is 499 g/mol. The Balaban J connectivity index is 2.00. The average molecular weight is 528 g/mol. The van der Waals surface area contributed by atoms with Gasteiger partial charge in [0.2, 0.25) is 11.6 Å². The van der Waals surface area contributed by atoms with Crippen molar-refractivity contribution in [1.29, 1.82) is 0 Å². The number of aromatic hydroxyl groups is 1. The van der Waals surface area contributed by atoms with E-state index in [0.717, 1.165) is 16.5 Å². The number of phenolic OH excluding ortho intramolecular Hbond substituents is 1. The summed E-state index contributed by atoms with van der Waals surface area (Å²) < 4.78 is 66.3. The molecule has 3 rings (SSSR count). The molecule has 2 atom stereocenters. The van der Waals surface area contributed by atoms with Crippen molar-refractivity contribution >= 4 is 34.4 Å². The molecule has 2 aromatic heterocycles. The number of alkyl halides is 3. The maximum Gasteiger partial charge on any atom is 0.417 e. The molecule has 1 amide bonds. The third-order valence-electron chi connectivity index (χ3n) is 5.49. The van der Waals surface area contributed by atoms with Crippen molar-refractivity contribution in [2.45, 2.75) is 45.8 Å². The van der Waals surface area contributed by atoms with Crippen LogP contribution in [0.4, 0.5) is 30.5 Å². The summed E-state index contributed by atoms with van der Waals surface area (Å²) in [6.45, 7) is 7.92. The molecule has 0 spiro atoms. The fourth-order valence-corrected chi connectivity index (χ4v) is 4.11. The molecule has 3 aromatic rings. The summed E-state index contributed by atoms with van der Waals surface area (Å²) >= 11 is -2.01. The van der Waals surface area contributed by atoms with E-state index in [9.17, 15) is 27.6 Å². The third-order valence-corrected chi connectivity index (χ3v) is 6.17. The van der Waals surface area contributed by atoms with Crippen LogP contribution in [-0.2, 0) is 6.18 Å². The van der Waals surface area contributed by atoms with E-state index in [1.165, 1.54) is 14.1 Å². The summed E-state index contributed by atoms with van der Waals surface area (Å²) in [6.07, 6.45) is -3.22. The fraction of sp³-hybridized carbons (Fsp3) is 0.435.